The molecule has 0 unspecified atom stereocenters. The van der Waals surface area contributed by atoms with E-state index in [2.05, 4.69) is 23.7 Å². The average Bonchev–Trinajstić information content (AvgIpc) is 3.08. The molecular weight excluding hydrogens is 224 g/mol. The van der Waals surface area contributed by atoms with Crippen molar-refractivity contribution < 1.29 is 0 Å². The van der Waals surface area contributed by atoms with Gasteiger partial charge in [-0.2, -0.15) is 0 Å². The van der Waals surface area contributed by atoms with Crippen molar-refractivity contribution in [1.29, 1.82) is 5.41 Å². The maximum absolute atomic E-state index is 7.56. The second-order valence-corrected chi connectivity index (χ2v) is 5.46. The minimum Gasteiger partial charge on any atom is -0.384 e. The topological polar surface area (TPSA) is 66.0 Å². The Bertz CT molecular complexity index is 449. The molecule has 1 fully saturated rings. The van der Waals surface area contributed by atoms with Gasteiger partial charge in [0.15, 0.2) is 0 Å². The number of aromatic nitrogens is 1. The summed E-state index contributed by atoms with van der Waals surface area (Å²) in [5, 5.41) is 7.56. The molecule has 0 radical (unpaired) electrons. The van der Waals surface area contributed by atoms with Gasteiger partial charge in [-0.3, -0.25) is 5.41 Å². The van der Waals surface area contributed by atoms with Crippen molar-refractivity contribution in [2.75, 3.05) is 11.4 Å². The van der Waals surface area contributed by atoms with E-state index in [9.17, 15) is 0 Å². The molecule has 0 saturated heterocycles. The molecular formula is C14H22N4. The fourth-order valence-corrected chi connectivity index (χ4v) is 2.10. The molecule has 1 heterocycles. The highest BCUT2D eigenvalue weighted by Gasteiger charge is 2.26. The lowest BCUT2D eigenvalue weighted by Gasteiger charge is -2.28. The first-order valence-corrected chi connectivity index (χ1v) is 6.57. The molecule has 1 saturated carbocycles. The number of rotatable bonds is 5. The van der Waals surface area contributed by atoms with Crippen LogP contribution in [0.1, 0.15) is 37.9 Å². The summed E-state index contributed by atoms with van der Waals surface area (Å²) in [4.78, 5) is 6.91. The van der Waals surface area contributed by atoms with Gasteiger partial charge in [0.25, 0.3) is 0 Å². The van der Waals surface area contributed by atoms with Gasteiger partial charge in [-0.15, -0.1) is 0 Å². The van der Waals surface area contributed by atoms with Gasteiger partial charge in [0.05, 0.1) is 0 Å². The third-order valence-electron chi connectivity index (χ3n) is 3.32. The van der Waals surface area contributed by atoms with Gasteiger partial charge in [-0.05, 0) is 51.7 Å². The van der Waals surface area contributed by atoms with Crippen LogP contribution >= 0.6 is 0 Å². The lowest BCUT2D eigenvalue weighted by Crippen LogP contribution is -2.33. The van der Waals surface area contributed by atoms with Crippen LogP contribution in [0.5, 0.6) is 0 Å². The Labute approximate surface area is 109 Å². The monoisotopic (exact) mass is 246 g/mol. The van der Waals surface area contributed by atoms with E-state index in [1.165, 1.54) is 12.8 Å². The normalized spacial score (nSPS) is 14.9. The Balaban J connectivity index is 2.30. The van der Waals surface area contributed by atoms with Crippen molar-refractivity contribution in [2.45, 2.75) is 39.7 Å². The van der Waals surface area contributed by atoms with Gasteiger partial charge in [0.1, 0.15) is 11.7 Å². The standard InChI is InChI=1S/C14H22N4/c1-9(2)18(8-11-4-5-11)13-7-12(14(15)16)6-10(3)17-13/h6-7,9,11H,4-5,8H2,1-3H3,(H3,15,16). The van der Waals surface area contributed by atoms with Gasteiger partial charge in [0, 0.05) is 23.8 Å². The summed E-state index contributed by atoms with van der Waals surface area (Å²) in [6.07, 6.45) is 2.66. The first-order chi connectivity index (χ1) is 8.47. The summed E-state index contributed by atoms with van der Waals surface area (Å²) >= 11 is 0. The zero-order valence-corrected chi connectivity index (χ0v) is 11.4. The van der Waals surface area contributed by atoms with Crippen molar-refractivity contribution in [3.05, 3.63) is 23.4 Å². The lowest BCUT2D eigenvalue weighted by molar-refractivity contribution is 0.636. The van der Waals surface area contributed by atoms with E-state index in [4.69, 9.17) is 11.1 Å². The number of anilines is 1. The molecule has 4 nitrogen and oxygen atoms in total. The van der Waals surface area contributed by atoms with Crippen molar-refractivity contribution in [3.63, 3.8) is 0 Å². The van der Waals surface area contributed by atoms with E-state index in [0.717, 1.165) is 29.5 Å². The van der Waals surface area contributed by atoms with Crippen LogP contribution in [0.2, 0.25) is 0 Å². The summed E-state index contributed by atoms with van der Waals surface area (Å²) in [7, 11) is 0. The maximum Gasteiger partial charge on any atom is 0.129 e. The zero-order valence-electron chi connectivity index (χ0n) is 11.4. The SMILES string of the molecule is Cc1cc(C(=N)N)cc(N(CC2CC2)C(C)C)n1. The molecule has 0 bridgehead atoms. The van der Waals surface area contributed by atoms with Gasteiger partial charge in [0.2, 0.25) is 0 Å². The Morgan fingerprint density at radius 2 is 2.17 bits per heavy atom. The molecule has 0 aromatic carbocycles. The minimum atomic E-state index is 0.108. The van der Waals surface area contributed by atoms with E-state index in [1.54, 1.807) is 0 Å². The molecule has 2 rings (SSSR count). The fraction of sp³-hybridized carbons (Fsp3) is 0.571. The Hall–Kier alpha value is -1.58. The number of nitrogen functional groups attached to an aromatic ring is 1. The molecule has 0 atom stereocenters. The third kappa shape index (κ3) is 3.00. The van der Waals surface area contributed by atoms with Crippen molar-refractivity contribution in [1.82, 2.24) is 4.98 Å². The van der Waals surface area contributed by atoms with Crippen molar-refractivity contribution in [2.24, 2.45) is 11.7 Å². The molecule has 4 heteroatoms. The van der Waals surface area contributed by atoms with Gasteiger partial charge in [-0.1, -0.05) is 0 Å². The summed E-state index contributed by atoms with van der Waals surface area (Å²) in [6.45, 7) is 7.37. The smallest absolute Gasteiger partial charge is 0.129 e. The van der Waals surface area contributed by atoms with Crippen LogP contribution in [0.15, 0.2) is 12.1 Å². The molecule has 1 aliphatic carbocycles. The van der Waals surface area contributed by atoms with Gasteiger partial charge in [-0.25, -0.2) is 4.98 Å². The van der Waals surface area contributed by atoms with Crippen molar-refractivity contribution >= 4 is 11.7 Å². The largest absolute Gasteiger partial charge is 0.384 e. The number of nitrogens with zero attached hydrogens (tertiary/aromatic N) is 2. The Kier molecular flexibility index (Phi) is 3.55. The lowest BCUT2D eigenvalue weighted by atomic mass is 10.2. The summed E-state index contributed by atoms with van der Waals surface area (Å²) in [5.74, 6) is 1.87. The average molecular weight is 246 g/mol. The third-order valence-corrected chi connectivity index (χ3v) is 3.32. The summed E-state index contributed by atoms with van der Waals surface area (Å²) < 4.78 is 0. The quantitative estimate of drug-likeness (QED) is 0.619. The molecule has 0 spiro atoms. The number of hydrogen-bond donors (Lipinski definition) is 2. The van der Waals surface area contributed by atoms with E-state index < -0.39 is 0 Å². The van der Waals surface area contributed by atoms with E-state index in [1.807, 2.05) is 19.1 Å². The highest BCUT2D eigenvalue weighted by Crippen LogP contribution is 2.32. The number of nitrogens with one attached hydrogen (secondary N) is 1. The molecule has 98 valence electrons. The van der Waals surface area contributed by atoms with Crippen molar-refractivity contribution in [3.8, 4) is 0 Å². The molecule has 18 heavy (non-hydrogen) atoms. The zero-order chi connectivity index (χ0) is 13.3. The first-order valence-electron chi connectivity index (χ1n) is 6.57. The molecule has 3 N–H and O–H groups in total. The number of nitrogens with two attached hydrogens (primary N) is 1. The Morgan fingerprint density at radius 3 is 2.67 bits per heavy atom. The van der Waals surface area contributed by atoms with Gasteiger partial charge < -0.3 is 10.6 Å². The highest BCUT2D eigenvalue weighted by atomic mass is 15.2. The molecule has 0 aliphatic heterocycles. The summed E-state index contributed by atoms with van der Waals surface area (Å²) in [5.41, 5.74) is 7.26. The number of pyridine rings is 1. The van der Waals surface area contributed by atoms with E-state index in [0.29, 0.717) is 6.04 Å². The highest BCUT2D eigenvalue weighted by molar-refractivity contribution is 5.95. The second-order valence-electron chi connectivity index (χ2n) is 5.46. The predicted octanol–water partition coefficient (Wildman–Crippen LogP) is 2.30. The maximum atomic E-state index is 7.56. The van der Waals surface area contributed by atoms with Crippen LogP contribution in [0.25, 0.3) is 0 Å². The van der Waals surface area contributed by atoms with Crippen LogP contribution in [0, 0.1) is 18.3 Å². The molecule has 1 aromatic heterocycles. The minimum absolute atomic E-state index is 0.108. The molecule has 1 aromatic rings. The molecule has 0 amide bonds. The first kappa shape index (κ1) is 12.9. The van der Waals surface area contributed by atoms with Crippen LogP contribution in [0.4, 0.5) is 5.82 Å². The van der Waals surface area contributed by atoms with Crippen LogP contribution < -0.4 is 10.6 Å². The number of amidine groups is 1. The number of hydrogen-bond acceptors (Lipinski definition) is 3. The van der Waals surface area contributed by atoms with Crippen LogP contribution in [-0.4, -0.2) is 23.4 Å². The van der Waals surface area contributed by atoms with E-state index in [-0.39, 0.29) is 5.84 Å². The number of aryl methyl sites for hydroxylation is 1. The van der Waals surface area contributed by atoms with Crippen LogP contribution in [-0.2, 0) is 0 Å². The summed E-state index contributed by atoms with van der Waals surface area (Å²) in [6, 6.07) is 4.21. The second kappa shape index (κ2) is 4.96. The van der Waals surface area contributed by atoms with Crippen LogP contribution in [0.3, 0.4) is 0 Å². The van der Waals surface area contributed by atoms with E-state index >= 15 is 0 Å². The van der Waals surface area contributed by atoms with Gasteiger partial charge >= 0.3 is 0 Å². The Morgan fingerprint density at radius 1 is 1.50 bits per heavy atom. The fourth-order valence-electron chi connectivity index (χ4n) is 2.10. The predicted molar refractivity (Wildman–Crippen MR) is 75.2 cm³/mol. The molecule has 1 aliphatic rings.